The van der Waals surface area contributed by atoms with E-state index in [0.29, 0.717) is 24.3 Å². The van der Waals surface area contributed by atoms with E-state index in [9.17, 15) is 17.2 Å². The highest BCUT2D eigenvalue weighted by atomic mass is 35.5. The minimum atomic E-state index is -4.03. The Morgan fingerprint density at radius 1 is 1.00 bits per heavy atom. The maximum Gasteiger partial charge on any atom is 0.331 e. The Labute approximate surface area is 151 Å². The fourth-order valence-electron chi connectivity index (χ4n) is 2.73. The maximum atomic E-state index is 14.2. The van der Waals surface area contributed by atoms with Crippen molar-refractivity contribution < 1.29 is 17.2 Å². The summed E-state index contributed by atoms with van der Waals surface area (Å²) in [4.78, 5) is 0. The van der Waals surface area contributed by atoms with Gasteiger partial charge in [-0.1, -0.05) is 18.2 Å². The van der Waals surface area contributed by atoms with E-state index < -0.39 is 21.8 Å². The Kier molecular flexibility index (Phi) is 5.87. The lowest BCUT2D eigenvalue weighted by molar-refractivity contribution is 0.510. The molecule has 5 nitrogen and oxygen atoms in total. The van der Waals surface area contributed by atoms with Crippen LogP contribution in [0.5, 0.6) is 0 Å². The molecule has 0 saturated heterocycles. The lowest BCUT2D eigenvalue weighted by atomic mass is 10.2. The number of nitrogens with zero attached hydrogens (tertiary/aromatic N) is 2. The van der Waals surface area contributed by atoms with Gasteiger partial charge in [-0.25, -0.2) is 13.1 Å². The summed E-state index contributed by atoms with van der Waals surface area (Å²) in [5.41, 5.74) is 0.447. The molecule has 1 N–H and O–H groups in total. The van der Waals surface area contributed by atoms with Crippen LogP contribution in [0.25, 0.3) is 0 Å². The predicted molar refractivity (Wildman–Crippen MR) is 97.0 cm³/mol. The van der Waals surface area contributed by atoms with Gasteiger partial charge in [0.2, 0.25) is 0 Å². The van der Waals surface area contributed by atoms with E-state index in [1.54, 1.807) is 31.3 Å². The van der Waals surface area contributed by atoms with Crippen LogP contribution in [0.1, 0.15) is 6.42 Å². The van der Waals surface area contributed by atoms with Crippen molar-refractivity contribution in [2.75, 3.05) is 28.7 Å². The number of hydrogen-bond acceptors (Lipinski definition) is 3. The first-order valence-corrected chi connectivity index (χ1v) is 8.89. The van der Waals surface area contributed by atoms with Gasteiger partial charge < -0.3 is 5.32 Å². The third kappa shape index (κ3) is 3.29. The van der Waals surface area contributed by atoms with Crippen molar-refractivity contribution in [3.05, 3.63) is 54.1 Å². The molecule has 25 heavy (non-hydrogen) atoms. The molecule has 0 amide bonds. The van der Waals surface area contributed by atoms with Crippen LogP contribution in [0, 0.1) is 11.6 Å². The minimum absolute atomic E-state index is 0. The first-order chi connectivity index (χ1) is 11.5. The molecule has 0 saturated carbocycles. The van der Waals surface area contributed by atoms with Crippen LogP contribution in [0.3, 0.4) is 0 Å². The second kappa shape index (κ2) is 7.55. The second-order valence-electron chi connectivity index (χ2n) is 5.36. The van der Waals surface area contributed by atoms with E-state index in [1.807, 2.05) is 0 Å². The fourth-order valence-corrected chi connectivity index (χ4v) is 4.48. The van der Waals surface area contributed by atoms with Crippen LogP contribution >= 0.6 is 12.4 Å². The van der Waals surface area contributed by atoms with Gasteiger partial charge in [0.25, 0.3) is 0 Å². The Hall–Kier alpha value is -1.90. The van der Waals surface area contributed by atoms with E-state index in [1.165, 1.54) is 16.4 Å². The number of halogens is 3. The quantitative estimate of drug-likeness (QED) is 0.799. The average molecular weight is 390 g/mol. The molecule has 3 rings (SSSR count). The zero-order valence-electron chi connectivity index (χ0n) is 13.4. The third-order valence-electron chi connectivity index (χ3n) is 3.82. The van der Waals surface area contributed by atoms with Crippen molar-refractivity contribution >= 4 is 39.7 Å². The fraction of sp³-hybridized carbons (Fsp3) is 0.250. The highest BCUT2D eigenvalue weighted by molar-refractivity contribution is 7.95. The molecule has 0 unspecified atom stereocenters. The summed E-state index contributed by atoms with van der Waals surface area (Å²) in [7, 11) is -2.25. The Balaban J connectivity index is 0.00000225. The lowest BCUT2D eigenvalue weighted by Crippen LogP contribution is -2.37. The molecular weight excluding hydrogens is 372 g/mol. The van der Waals surface area contributed by atoms with Crippen molar-refractivity contribution in [1.29, 1.82) is 0 Å². The van der Waals surface area contributed by atoms with Crippen LogP contribution in [0.4, 0.5) is 25.8 Å². The summed E-state index contributed by atoms with van der Waals surface area (Å²) < 4.78 is 55.8. The summed E-state index contributed by atoms with van der Waals surface area (Å²) in [6.07, 6.45) is 0.587. The first kappa shape index (κ1) is 19.4. The maximum absolute atomic E-state index is 14.2. The van der Waals surface area contributed by atoms with Gasteiger partial charge in [0, 0.05) is 6.54 Å². The number of rotatable bonds is 5. The van der Waals surface area contributed by atoms with Crippen LogP contribution < -0.4 is 13.9 Å². The number of hydrogen-bond donors (Lipinski definition) is 1. The minimum Gasteiger partial charge on any atom is -0.320 e. The number of nitrogens with one attached hydrogen (secondary N) is 1. The zero-order chi connectivity index (χ0) is 17.3. The SMILES string of the molecule is CNCCCN1c2ccccc2N(c2cccc(F)c2F)S1(=O)=O.Cl. The van der Waals surface area contributed by atoms with Gasteiger partial charge in [0.05, 0.1) is 17.1 Å². The van der Waals surface area contributed by atoms with Gasteiger partial charge >= 0.3 is 10.2 Å². The molecule has 0 aromatic heterocycles. The number of benzene rings is 2. The molecule has 0 aliphatic carbocycles. The van der Waals surface area contributed by atoms with Crippen LogP contribution in [-0.4, -0.2) is 28.6 Å². The third-order valence-corrected chi connectivity index (χ3v) is 5.61. The summed E-state index contributed by atoms with van der Waals surface area (Å²) in [5, 5.41) is 2.96. The molecule has 0 bridgehead atoms. The monoisotopic (exact) mass is 389 g/mol. The van der Waals surface area contributed by atoms with E-state index in [0.717, 1.165) is 10.4 Å². The summed E-state index contributed by atoms with van der Waals surface area (Å²) in [6, 6.07) is 10.1. The number of para-hydroxylation sites is 2. The smallest absolute Gasteiger partial charge is 0.320 e. The second-order valence-corrected chi connectivity index (χ2v) is 7.06. The van der Waals surface area contributed by atoms with Crippen molar-refractivity contribution in [3.63, 3.8) is 0 Å². The molecule has 0 spiro atoms. The van der Waals surface area contributed by atoms with E-state index >= 15 is 0 Å². The molecule has 1 aliphatic rings. The molecule has 0 atom stereocenters. The highest BCUT2D eigenvalue weighted by Gasteiger charge is 2.42. The molecule has 2 aromatic rings. The molecule has 0 fully saturated rings. The van der Waals surface area contributed by atoms with Crippen LogP contribution in [0.2, 0.25) is 0 Å². The van der Waals surface area contributed by atoms with Gasteiger partial charge in [-0.15, -0.1) is 12.4 Å². The van der Waals surface area contributed by atoms with Crippen molar-refractivity contribution in [3.8, 4) is 0 Å². The summed E-state index contributed by atoms with van der Waals surface area (Å²) >= 11 is 0. The standard InChI is InChI=1S/C16H17F2N3O2S.ClH/c1-19-10-5-11-20-13-7-2-3-8-14(13)21(24(20,22)23)15-9-4-6-12(17)16(15)18;/h2-4,6-9,19H,5,10-11H2,1H3;1H. The largest absolute Gasteiger partial charge is 0.331 e. The predicted octanol–water partition coefficient (Wildman–Crippen LogP) is 3.20. The first-order valence-electron chi connectivity index (χ1n) is 7.49. The zero-order valence-corrected chi connectivity index (χ0v) is 15.1. The highest BCUT2D eigenvalue weighted by Crippen LogP contribution is 2.45. The molecular formula is C16H18ClF2N3O2S. The van der Waals surface area contributed by atoms with E-state index in [-0.39, 0.29) is 24.6 Å². The van der Waals surface area contributed by atoms with Crippen LogP contribution in [0.15, 0.2) is 42.5 Å². The summed E-state index contributed by atoms with van der Waals surface area (Å²) in [5.74, 6) is -2.28. The molecule has 1 heterocycles. The van der Waals surface area contributed by atoms with Gasteiger partial charge in [-0.2, -0.15) is 8.42 Å². The Morgan fingerprint density at radius 2 is 1.64 bits per heavy atom. The van der Waals surface area contributed by atoms with E-state index in [4.69, 9.17) is 0 Å². The van der Waals surface area contributed by atoms with Crippen molar-refractivity contribution in [2.45, 2.75) is 6.42 Å². The Morgan fingerprint density at radius 3 is 2.32 bits per heavy atom. The van der Waals surface area contributed by atoms with Gasteiger partial charge in [-0.05, 0) is 44.3 Å². The number of fused-ring (bicyclic) bond motifs is 1. The lowest BCUT2D eigenvalue weighted by Gasteiger charge is -2.22. The number of anilines is 3. The van der Waals surface area contributed by atoms with Crippen molar-refractivity contribution in [2.24, 2.45) is 0 Å². The molecule has 2 aromatic carbocycles. The van der Waals surface area contributed by atoms with Gasteiger partial charge in [0.15, 0.2) is 11.6 Å². The average Bonchev–Trinajstić information content (AvgIpc) is 2.78. The van der Waals surface area contributed by atoms with Gasteiger partial charge in [0.1, 0.15) is 0 Å². The van der Waals surface area contributed by atoms with Gasteiger partial charge in [-0.3, -0.25) is 4.31 Å². The normalized spacial score (nSPS) is 15.0. The van der Waals surface area contributed by atoms with Crippen LogP contribution in [-0.2, 0) is 10.2 Å². The Bertz CT molecular complexity index is 864. The van der Waals surface area contributed by atoms with E-state index in [2.05, 4.69) is 5.32 Å². The molecule has 9 heteroatoms. The van der Waals surface area contributed by atoms with Crippen molar-refractivity contribution in [1.82, 2.24) is 5.32 Å². The molecule has 136 valence electrons. The topological polar surface area (TPSA) is 52.6 Å². The molecule has 1 aliphatic heterocycles. The molecule has 0 radical (unpaired) electrons. The summed E-state index contributed by atoms with van der Waals surface area (Å²) in [6.45, 7) is 0.885.